The van der Waals surface area contributed by atoms with Gasteiger partial charge in [-0.1, -0.05) is 0 Å². The third-order valence-corrected chi connectivity index (χ3v) is 2.90. The van der Waals surface area contributed by atoms with Crippen LogP contribution in [0.1, 0.15) is 0 Å². The van der Waals surface area contributed by atoms with E-state index in [-0.39, 0.29) is 0 Å². The van der Waals surface area contributed by atoms with Gasteiger partial charge in [0, 0.05) is 29.5 Å². The third kappa shape index (κ3) is 1.91. The molecule has 3 aromatic rings. The number of nitrogens with zero attached hydrogens (tertiary/aromatic N) is 2. The van der Waals surface area contributed by atoms with Gasteiger partial charge in [-0.2, -0.15) is 0 Å². The van der Waals surface area contributed by atoms with Crippen molar-refractivity contribution >= 4 is 10.9 Å². The molecule has 0 unspecified atom stereocenters. The molecule has 0 bridgehead atoms. The number of hydrogen-bond donors (Lipinski definition) is 0. The van der Waals surface area contributed by atoms with Crippen molar-refractivity contribution in [3.05, 3.63) is 55.0 Å². The molecule has 3 heteroatoms. The van der Waals surface area contributed by atoms with Crippen molar-refractivity contribution in [2.24, 2.45) is 0 Å². The highest BCUT2D eigenvalue weighted by Gasteiger charge is 2.01. The van der Waals surface area contributed by atoms with Crippen LogP contribution in [-0.4, -0.2) is 17.1 Å². The molecule has 0 N–H and O–H groups in total. The van der Waals surface area contributed by atoms with Crippen LogP contribution in [0.5, 0.6) is 5.75 Å². The minimum Gasteiger partial charge on any atom is -0.497 e. The molecule has 0 aliphatic rings. The molecule has 0 aliphatic carbocycles. The molecule has 0 aliphatic heterocycles. The lowest BCUT2D eigenvalue weighted by molar-refractivity contribution is 0.415. The van der Waals surface area contributed by atoms with Gasteiger partial charge >= 0.3 is 0 Å². The summed E-state index contributed by atoms with van der Waals surface area (Å²) in [6, 6.07) is 11.9. The minimum atomic E-state index is 0.844. The number of ether oxygens (including phenoxy) is 1. The zero-order valence-electron chi connectivity index (χ0n) is 10.00. The smallest absolute Gasteiger partial charge is 0.119 e. The van der Waals surface area contributed by atoms with Gasteiger partial charge in [-0.3, -0.25) is 9.97 Å². The lowest BCUT2D eigenvalue weighted by Gasteiger charge is -2.05. The Morgan fingerprint density at radius 2 is 1.78 bits per heavy atom. The number of fused-ring (bicyclic) bond motifs is 1. The predicted molar refractivity (Wildman–Crippen MR) is 71.5 cm³/mol. The van der Waals surface area contributed by atoms with Gasteiger partial charge in [-0.25, -0.2) is 0 Å². The van der Waals surface area contributed by atoms with Crippen molar-refractivity contribution in [1.29, 1.82) is 0 Å². The monoisotopic (exact) mass is 236 g/mol. The fraction of sp³-hybridized carbons (Fsp3) is 0.0667. The highest BCUT2D eigenvalue weighted by molar-refractivity contribution is 5.84. The number of methoxy groups -OCH3 is 1. The highest BCUT2D eigenvalue weighted by atomic mass is 16.5. The molecule has 3 nitrogen and oxygen atoms in total. The van der Waals surface area contributed by atoms with E-state index in [0.717, 1.165) is 27.8 Å². The topological polar surface area (TPSA) is 35.0 Å². The lowest BCUT2D eigenvalue weighted by atomic mass is 10.1. The second kappa shape index (κ2) is 4.45. The van der Waals surface area contributed by atoms with Gasteiger partial charge in [-0.15, -0.1) is 0 Å². The van der Waals surface area contributed by atoms with Crippen molar-refractivity contribution in [1.82, 2.24) is 9.97 Å². The van der Waals surface area contributed by atoms with Crippen LogP contribution in [0.4, 0.5) is 0 Å². The standard InChI is InChI=1S/C15H12N2O/c1-18-14-2-3-15-12(9-14)8-13(10-17-15)11-4-6-16-7-5-11/h2-10H,1H3. The van der Waals surface area contributed by atoms with E-state index in [1.807, 2.05) is 36.5 Å². The zero-order chi connectivity index (χ0) is 12.4. The first-order valence-electron chi connectivity index (χ1n) is 5.71. The molecular weight excluding hydrogens is 224 g/mol. The number of pyridine rings is 2. The van der Waals surface area contributed by atoms with E-state index in [0.29, 0.717) is 0 Å². The van der Waals surface area contributed by atoms with E-state index >= 15 is 0 Å². The maximum atomic E-state index is 5.23. The molecular formula is C15H12N2O. The second-order valence-electron chi connectivity index (χ2n) is 4.02. The lowest BCUT2D eigenvalue weighted by Crippen LogP contribution is -1.86. The van der Waals surface area contributed by atoms with Crippen molar-refractivity contribution in [2.75, 3.05) is 7.11 Å². The first kappa shape index (κ1) is 10.7. The van der Waals surface area contributed by atoms with E-state index in [1.54, 1.807) is 19.5 Å². The molecule has 0 fully saturated rings. The average Bonchev–Trinajstić information content (AvgIpc) is 2.47. The molecule has 18 heavy (non-hydrogen) atoms. The van der Waals surface area contributed by atoms with Crippen LogP contribution in [0.15, 0.2) is 55.0 Å². The Hall–Kier alpha value is -2.42. The zero-order valence-corrected chi connectivity index (χ0v) is 10.00. The van der Waals surface area contributed by atoms with Crippen LogP contribution in [0, 0.1) is 0 Å². The Morgan fingerprint density at radius 3 is 2.56 bits per heavy atom. The van der Waals surface area contributed by atoms with Gasteiger partial charge in [0.25, 0.3) is 0 Å². The number of aromatic nitrogens is 2. The highest BCUT2D eigenvalue weighted by Crippen LogP contribution is 2.24. The van der Waals surface area contributed by atoms with E-state index in [2.05, 4.69) is 16.0 Å². The summed E-state index contributed by atoms with van der Waals surface area (Å²) in [6.45, 7) is 0. The molecule has 2 heterocycles. The molecule has 0 amide bonds. The average molecular weight is 236 g/mol. The summed E-state index contributed by atoms with van der Waals surface area (Å²) >= 11 is 0. The summed E-state index contributed by atoms with van der Waals surface area (Å²) in [5, 5.41) is 1.07. The van der Waals surface area contributed by atoms with Crippen LogP contribution in [0.2, 0.25) is 0 Å². The Balaban J connectivity index is 2.15. The van der Waals surface area contributed by atoms with Gasteiger partial charge in [-0.05, 0) is 42.0 Å². The predicted octanol–water partition coefficient (Wildman–Crippen LogP) is 3.31. The van der Waals surface area contributed by atoms with Crippen molar-refractivity contribution in [3.8, 4) is 16.9 Å². The Bertz CT molecular complexity index is 680. The van der Waals surface area contributed by atoms with Gasteiger partial charge in [0.05, 0.1) is 12.6 Å². The molecule has 1 aromatic carbocycles. The summed E-state index contributed by atoms with van der Waals surface area (Å²) < 4.78 is 5.23. The largest absolute Gasteiger partial charge is 0.497 e. The van der Waals surface area contributed by atoms with Crippen LogP contribution < -0.4 is 4.74 Å². The van der Waals surface area contributed by atoms with Crippen molar-refractivity contribution in [2.45, 2.75) is 0 Å². The van der Waals surface area contributed by atoms with Gasteiger partial charge in [0.15, 0.2) is 0 Å². The summed E-state index contributed by atoms with van der Waals surface area (Å²) in [4.78, 5) is 8.48. The summed E-state index contributed by atoms with van der Waals surface area (Å²) in [5.41, 5.74) is 3.16. The van der Waals surface area contributed by atoms with Crippen molar-refractivity contribution in [3.63, 3.8) is 0 Å². The van der Waals surface area contributed by atoms with Gasteiger partial charge in [0.2, 0.25) is 0 Å². The van der Waals surface area contributed by atoms with Crippen LogP contribution in [-0.2, 0) is 0 Å². The van der Waals surface area contributed by atoms with E-state index in [9.17, 15) is 0 Å². The van der Waals surface area contributed by atoms with E-state index < -0.39 is 0 Å². The summed E-state index contributed by atoms with van der Waals surface area (Å²) in [5.74, 6) is 0.844. The first-order chi connectivity index (χ1) is 8.86. The molecule has 3 rings (SSSR count). The number of benzene rings is 1. The molecule has 2 aromatic heterocycles. The Kier molecular flexibility index (Phi) is 2.65. The third-order valence-electron chi connectivity index (χ3n) is 2.90. The van der Waals surface area contributed by atoms with E-state index in [4.69, 9.17) is 4.74 Å². The number of rotatable bonds is 2. The molecule has 0 atom stereocenters. The molecule has 88 valence electrons. The fourth-order valence-electron chi connectivity index (χ4n) is 1.94. The number of hydrogen-bond acceptors (Lipinski definition) is 3. The Labute approximate surface area is 105 Å². The SMILES string of the molecule is COc1ccc2ncc(-c3ccncc3)cc2c1. The molecule has 0 radical (unpaired) electrons. The fourth-order valence-corrected chi connectivity index (χ4v) is 1.94. The summed E-state index contributed by atoms with van der Waals surface area (Å²) in [6.07, 6.45) is 5.44. The van der Waals surface area contributed by atoms with Crippen molar-refractivity contribution < 1.29 is 4.74 Å². The molecule has 0 saturated heterocycles. The van der Waals surface area contributed by atoms with Gasteiger partial charge in [0.1, 0.15) is 5.75 Å². The second-order valence-corrected chi connectivity index (χ2v) is 4.02. The molecule has 0 saturated carbocycles. The normalized spacial score (nSPS) is 10.5. The first-order valence-corrected chi connectivity index (χ1v) is 5.71. The van der Waals surface area contributed by atoms with Crippen LogP contribution >= 0.6 is 0 Å². The minimum absolute atomic E-state index is 0.844. The van der Waals surface area contributed by atoms with E-state index in [1.165, 1.54) is 0 Å². The summed E-state index contributed by atoms with van der Waals surface area (Å²) in [7, 11) is 1.67. The quantitative estimate of drug-likeness (QED) is 0.684. The maximum absolute atomic E-state index is 5.23. The molecule has 0 spiro atoms. The Morgan fingerprint density at radius 1 is 0.944 bits per heavy atom. The maximum Gasteiger partial charge on any atom is 0.119 e. The van der Waals surface area contributed by atoms with Crippen LogP contribution in [0.25, 0.3) is 22.0 Å². The van der Waals surface area contributed by atoms with Gasteiger partial charge < -0.3 is 4.74 Å². The van der Waals surface area contributed by atoms with Crippen LogP contribution in [0.3, 0.4) is 0 Å².